The van der Waals surface area contributed by atoms with Crippen molar-refractivity contribution in [1.82, 2.24) is 4.90 Å². The first-order valence-corrected chi connectivity index (χ1v) is 7.22. The van der Waals surface area contributed by atoms with Gasteiger partial charge in [-0.15, -0.1) is 0 Å². The SMILES string of the molecule is CC1(C)CC2CC(C)(C)N21.CCCCCC(=O)O. The van der Waals surface area contributed by atoms with Gasteiger partial charge in [-0.3, -0.25) is 9.69 Å². The summed E-state index contributed by atoms with van der Waals surface area (Å²) in [5.74, 6) is -0.682. The molecule has 0 aromatic rings. The topological polar surface area (TPSA) is 40.5 Å². The molecule has 0 aliphatic carbocycles. The lowest BCUT2D eigenvalue weighted by molar-refractivity contribution is -0.207. The molecule has 3 heteroatoms. The van der Waals surface area contributed by atoms with Crippen molar-refractivity contribution >= 4 is 5.97 Å². The molecule has 2 saturated heterocycles. The first-order valence-electron chi connectivity index (χ1n) is 7.22. The predicted molar refractivity (Wildman–Crippen MR) is 74.8 cm³/mol. The minimum atomic E-state index is -0.682. The number of piperidine rings is 1. The summed E-state index contributed by atoms with van der Waals surface area (Å²) in [5, 5.41) is 8.14. The Balaban J connectivity index is 0.000000187. The highest BCUT2D eigenvalue weighted by molar-refractivity contribution is 5.66. The molecule has 0 bridgehead atoms. The molecule has 2 rings (SSSR count). The van der Waals surface area contributed by atoms with E-state index in [2.05, 4.69) is 39.5 Å². The van der Waals surface area contributed by atoms with Gasteiger partial charge in [-0.1, -0.05) is 19.8 Å². The third kappa shape index (κ3) is 3.47. The second-order valence-electron chi connectivity index (χ2n) is 6.91. The van der Waals surface area contributed by atoms with E-state index >= 15 is 0 Å². The number of rotatable bonds is 4. The fourth-order valence-corrected chi connectivity index (χ4v) is 3.71. The Morgan fingerprint density at radius 3 is 1.89 bits per heavy atom. The van der Waals surface area contributed by atoms with E-state index in [9.17, 15) is 4.79 Å². The van der Waals surface area contributed by atoms with Gasteiger partial charge in [0, 0.05) is 23.5 Å². The van der Waals surface area contributed by atoms with Crippen molar-refractivity contribution in [3.05, 3.63) is 0 Å². The molecule has 2 heterocycles. The lowest BCUT2D eigenvalue weighted by atomic mass is 9.64. The maximum atomic E-state index is 9.87. The van der Waals surface area contributed by atoms with E-state index in [1.807, 2.05) is 0 Å². The molecule has 0 aromatic heterocycles. The normalized spacial score (nSPS) is 24.1. The predicted octanol–water partition coefficient (Wildman–Crippen LogP) is 3.67. The Morgan fingerprint density at radius 2 is 1.67 bits per heavy atom. The number of carboxylic acids is 1. The van der Waals surface area contributed by atoms with Crippen LogP contribution in [0.1, 0.15) is 73.1 Å². The van der Waals surface area contributed by atoms with Gasteiger partial charge in [-0.25, -0.2) is 0 Å². The summed E-state index contributed by atoms with van der Waals surface area (Å²) >= 11 is 0. The molecule has 2 aliphatic rings. The largest absolute Gasteiger partial charge is 0.481 e. The van der Waals surface area contributed by atoms with Crippen LogP contribution in [0, 0.1) is 0 Å². The lowest BCUT2D eigenvalue weighted by Gasteiger charge is -2.71. The molecule has 0 radical (unpaired) electrons. The van der Waals surface area contributed by atoms with Crippen LogP contribution in [0.5, 0.6) is 0 Å². The van der Waals surface area contributed by atoms with Gasteiger partial charge in [-0.2, -0.15) is 0 Å². The number of nitrogens with zero attached hydrogens (tertiary/aromatic N) is 1. The van der Waals surface area contributed by atoms with Crippen molar-refractivity contribution in [2.24, 2.45) is 0 Å². The highest BCUT2D eigenvalue weighted by atomic mass is 16.4. The quantitative estimate of drug-likeness (QED) is 0.779. The van der Waals surface area contributed by atoms with Gasteiger partial charge in [0.2, 0.25) is 0 Å². The van der Waals surface area contributed by atoms with Crippen LogP contribution in [0.15, 0.2) is 0 Å². The number of carbonyl (C=O) groups is 1. The minimum absolute atomic E-state index is 0.327. The molecular formula is C15H29NO2. The summed E-state index contributed by atoms with van der Waals surface area (Å²) in [6, 6.07) is 0.935. The van der Waals surface area contributed by atoms with Crippen LogP contribution in [-0.2, 0) is 4.79 Å². The Hall–Kier alpha value is -0.570. The van der Waals surface area contributed by atoms with Gasteiger partial charge in [0.1, 0.15) is 0 Å². The number of unbranched alkanes of at least 4 members (excludes halogenated alkanes) is 2. The molecule has 2 fully saturated rings. The molecule has 106 valence electrons. The van der Waals surface area contributed by atoms with Crippen molar-refractivity contribution in [2.45, 2.75) is 90.3 Å². The van der Waals surface area contributed by atoms with E-state index in [0.29, 0.717) is 17.5 Å². The minimum Gasteiger partial charge on any atom is -0.481 e. The maximum Gasteiger partial charge on any atom is 0.303 e. The molecule has 0 aromatic carbocycles. The molecular weight excluding hydrogens is 226 g/mol. The average molecular weight is 255 g/mol. The Kier molecular flexibility index (Phi) is 4.82. The van der Waals surface area contributed by atoms with Crippen LogP contribution >= 0.6 is 0 Å². The molecule has 0 saturated carbocycles. The first kappa shape index (κ1) is 15.5. The van der Waals surface area contributed by atoms with Crippen LogP contribution in [0.2, 0.25) is 0 Å². The van der Waals surface area contributed by atoms with Gasteiger partial charge in [0.05, 0.1) is 0 Å². The van der Waals surface area contributed by atoms with E-state index in [1.54, 1.807) is 0 Å². The highest BCUT2D eigenvalue weighted by Crippen LogP contribution is 2.53. The molecule has 0 atom stereocenters. The fraction of sp³-hybridized carbons (Fsp3) is 0.933. The van der Waals surface area contributed by atoms with E-state index in [0.717, 1.165) is 25.3 Å². The van der Waals surface area contributed by atoms with Gasteiger partial charge in [0.25, 0.3) is 0 Å². The van der Waals surface area contributed by atoms with Crippen LogP contribution in [0.25, 0.3) is 0 Å². The van der Waals surface area contributed by atoms with E-state index in [4.69, 9.17) is 5.11 Å². The zero-order valence-electron chi connectivity index (χ0n) is 12.6. The number of hydrogen-bond donors (Lipinski definition) is 1. The van der Waals surface area contributed by atoms with Gasteiger partial charge in [0.15, 0.2) is 0 Å². The summed E-state index contributed by atoms with van der Waals surface area (Å²) in [5.41, 5.74) is 1.01. The van der Waals surface area contributed by atoms with Gasteiger partial charge < -0.3 is 5.11 Å². The summed E-state index contributed by atoms with van der Waals surface area (Å²) < 4.78 is 0. The maximum absolute atomic E-state index is 9.87. The second kappa shape index (κ2) is 5.60. The summed E-state index contributed by atoms with van der Waals surface area (Å²) in [7, 11) is 0. The van der Waals surface area contributed by atoms with Crippen molar-refractivity contribution in [1.29, 1.82) is 0 Å². The molecule has 0 unspecified atom stereocenters. The van der Waals surface area contributed by atoms with Crippen molar-refractivity contribution in [3.63, 3.8) is 0 Å². The summed E-state index contributed by atoms with van der Waals surface area (Å²) in [4.78, 5) is 12.5. The van der Waals surface area contributed by atoms with Gasteiger partial charge >= 0.3 is 5.97 Å². The zero-order chi connectivity index (χ0) is 14.0. The monoisotopic (exact) mass is 255 g/mol. The molecule has 3 nitrogen and oxygen atoms in total. The molecule has 18 heavy (non-hydrogen) atoms. The summed E-state index contributed by atoms with van der Waals surface area (Å²) in [6.45, 7) is 11.5. The molecule has 1 N–H and O–H groups in total. The van der Waals surface area contributed by atoms with Crippen LogP contribution in [0.3, 0.4) is 0 Å². The third-order valence-corrected chi connectivity index (χ3v) is 4.13. The van der Waals surface area contributed by atoms with E-state index in [1.165, 1.54) is 12.8 Å². The summed E-state index contributed by atoms with van der Waals surface area (Å²) in [6.07, 6.45) is 6.10. The third-order valence-electron chi connectivity index (χ3n) is 4.13. The van der Waals surface area contributed by atoms with Crippen LogP contribution in [0.4, 0.5) is 0 Å². The Morgan fingerprint density at radius 1 is 1.17 bits per heavy atom. The van der Waals surface area contributed by atoms with Crippen molar-refractivity contribution in [3.8, 4) is 0 Å². The number of aliphatic carboxylic acids is 1. The smallest absolute Gasteiger partial charge is 0.303 e. The second-order valence-corrected chi connectivity index (χ2v) is 6.91. The number of fused-ring (bicyclic) bond motifs is 1. The van der Waals surface area contributed by atoms with Crippen molar-refractivity contribution in [2.75, 3.05) is 0 Å². The Labute approximate surface area is 112 Å². The number of hydrogen-bond acceptors (Lipinski definition) is 2. The average Bonchev–Trinajstić information content (AvgIpc) is 2.14. The van der Waals surface area contributed by atoms with E-state index < -0.39 is 5.97 Å². The van der Waals surface area contributed by atoms with Crippen molar-refractivity contribution < 1.29 is 9.90 Å². The Bertz CT molecular complexity index is 279. The van der Waals surface area contributed by atoms with Crippen LogP contribution in [-0.4, -0.2) is 33.1 Å². The standard InChI is InChI=1S/C9H17N.C6H12O2/c1-8(2)5-7-6-9(3,4)10(7)8;1-2-3-4-5-6(7)8/h7H,5-6H2,1-4H3;2-5H2,1H3,(H,7,8). The zero-order valence-corrected chi connectivity index (χ0v) is 12.6. The lowest BCUT2D eigenvalue weighted by Crippen LogP contribution is -2.78. The van der Waals surface area contributed by atoms with Gasteiger partial charge in [-0.05, 0) is 47.0 Å². The highest BCUT2D eigenvalue weighted by Gasteiger charge is 2.59. The van der Waals surface area contributed by atoms with E-state index in [-0.39, 0.29) is 0 Å². The number of carboxylic acid groups (broad SMARTS) is 1. The molecule has 2 aliphatic heterocycles. The molecule has 0 spiro atoms. The molecule has 0 amide bonds. The van der Waals surface area contributed by atoms with Crippen LogP contribution < -0.4 is 0 Å². The fourth-order valence-electron chi connectivity index (χ4n) is 3.71. The first-order chi connectivity index (χ1) is 8.20.